The van der Waals surface area contributed by atoms with Crippen molar-refractivity contribution in [3.63, 3.8) is 0 Å². The average molecular weight is 539 g/mol. The highest BCUT2D eigenvalue weighted by Gasteiger charge is 2.34. The van der Waals surface area contributed by atoms with Gasteiger partial charge in [0.15, 0.2) is 0 Å². The molecule has 0 bridgehead atoms. The van der Waals surface area contributed by atoms with Gasteiger partial charge in [-0.05, 0) is 41.8 Å². The second kappa shape index (κ2) is 11.0. The van der Waals surface area contributed by atoms with E-state index in [0.29, 0.717) is 39.7 Å². The van der Waals surface area contributed by atoms with Gasteiger partial charge in [-0.1, -0.05) is 65.7 Å². The van der Waals surface area contributed by atoms with E-state index in [0.717, 1.165) is 5.56 Å². The summed E-state index contributed by atoms with van der Waals surface area (Å²) in [6, 6.07) is 18.6. The first-order valence-electron chi connectivity index (χ1n) is 11.2. The number of hydrogen-bond acceptors (Lipinski definition) is 3. The Morgan fingerprint density at radius 3 is 2.50 bits per heavy atom. The van der Waals surface area contributed by atoms with Crippen LogP contribution in [0.5, 0.6) is 5.75 Å². The first-order valence-corrected chi connectivity index (χ1v) is 12.0. The third kappa shape index (κ3) is 6.43. The van der Waals surface area contributed by atoms with Gasteiger partial charge in [0.25, 0.3) is 0 Å². The maximum Gasteiger partial charge on any atom is 0.573 e. The van der Waals surface area contributed by atoms with Crippen molar-refractivity contribution in [2.75, 3.05) is 13.1 Å². The molecule has 36 heavy (non-hydrogen) atoms. The zero-order valence-electron chi connectivity index (χ0n) is 18.9. The van der Waals surface area contributed by atoms with E-state index in [4.69, 9.17) is 23.2 Å². The largest absolute Gasteiger partial charge is 0.573 e. The minimum Gasteiger partial charge on any atom is -0.465 e. The van der Waals surface area contributed by atoms with Crippen LogP contribution in [0.25, 0.3) is 11.1 Å². The van der Waals surface area contributed by atoms with Gasteiger partial charge in [-0.25, -0.2) is 4.79 Å². The molecule has 190 valence electrons. The Bertz CT molecular complexity index is 1220. The number of rotatable bonds is 6. The highest BCUT2D eigenvalue weighted by molar-refractivity contribution is 6.36. The van der Waals surface area contributed by atoms with Gasteiger partial charge in [-0.3, -0.25) is 0 Å². The number of ether oxygens (including phenoxy) is 1. The second-order valence-corrected chi connectivity index (χ2v) is 9.36. The topological polar surface area (TPSA) is 61.8 Å². The van der Waals surface area contributed by atoms with E-state index >= 15 is 0 Å². The van der Waals surface area contributed by atoms with E-state index in [9.17, 15) is 23.1 Å². The highest BCUT2D eigenvalue weighted by Crippen LogP contribution is 2.35. The Hall–Kier alpha value is -2.94. The number of nitrogens with one attached hydrogen (secondary N) is 1. The van der Waals surface area contributed by atoms with E-state index in [1.54, 1.807) is 24.3 Å². The summed E-state index contributed by atoms with van der Waals surface area (Å²) < 4.78 is 43.6. The quantitative estimate of drug-likeness (QED) is 0.348. The molecule has 1 fully saturated rings. The number of carbonyl (C=O) groups is 1. The molecule has 10 heteroatoms. The minimum absolute atomic E-state index is 0.0749. The third-order valence-electron chi connectivity index (χ3n) is 6.19. The van der Waals surface area contributed by atoms with Crippen molar-refractivity contribution in [3.8, 4) is 16.9 Å². The van der Waals surface area contributed by atoms with E-state index in [-0.39, 0.29) is 30.8 Å². The third-order valence-corrected chi connectivity index (χ3v) is 6.74. The summed E-state index contributed by atoms with van der Waals surface area (Å²) in [6.07, 6.45) is -5.35. The zero-order valence-corrected chi connectivity index (χ0v) is 20.4. The van der Waals surface area contributed by atoms with Gasteiger partial charge in [0.05, 0.1) is 0 Å². The van der Waals surface area contributed by atoms with Crippen molar-refractivity contribution in [2.24, 2.45) is 0 Å². The summed E-state index contributed by atoms with van der Waals surface area (Å²) in [5.74, 6) is -0.486. The van der Waals surface area contributed by atoms with E-state index in [1.807, 2.05) is 30.3 Å². The molecular formula is C26H23Cl2F3N2O3. The number of halogens is 5. The van der Waals surface area contributed by atoms with Crippen LogP contribution in [-0.2, 0) is 6.54 Å². The molecule has 0 spiro atoms. The van der Waals surface area contributed by atoms with Crippen molar-refractivity contribution in [1.82, 2.24) is 10.2 Å². The van der Waals surface area contributed by atoms with Crippen LogP contribution >= 0.6 is 23.2 Å². The zero-order chi connectivity index (χ0) is 25.9. The van der Waals surface area contributed by atoms with Crippen LogP contribution < -0.4 is 10.1 Å². The van der Waals surface area contributed by atoms with Crippen molar-refractivity contribution in [1.29, 1.82) is 0 Å². The Morgan fingerprint density at radius 2 is 1.83 bits per heavy atom. The van der Waals surface area contributed by atoms with E-state index in [1.165, 1.54) is 17.0 Å². The Morgan fingerprint density at radius 1 is 1.08 bits per heavy atom. The molecular weight excluding hydrogens is 516 g/mol. The fraction of sp³-hybridized carbons (Fsp3) is 0.269. The number of benzene rings is 3. The van der Waals surface area contributed by atoms with Crippen LogP contribution in [0.4, 0.5) is 18.0 Å². The van der Waals surface area contributed by atoms with Gasteiger partial charge in [-0.2, -0.15) is 0 Å². The Kier molecular flexibility index (Phi) is 7.97. The Labute approximate surface area is 216 Å². The van der Waals surface area contributed by atoms with E-state index in [2.05, 4.69) is 10.1 Å². The summed E-state index contributed by atoms with van der Waals surface area (Å²) in [5.41, 5.74) is 2.49. The van der Waals surface area contributed by atoms with Crippen LogP contribution in [0.15, 0.2) is 66.7 Å². The van der Waals surface area contributed by atoms with Crippen LogP contribution in [0.1, 0.15) is 23.5 Å². The molecule has 0 aromatic heterocycles. The molecule has 0 radical (unpaired) electrons. The number of likely N-dealkylation sites (tertiary alicyclic amines) is 1. The van der Waals surface area contributed by atoms with Gasteiger partial charge in [0, 0.05) is 52.8 Å². The molecule has 2 atom stereocenters. The standard InChI is InChI=1S/C26H23Cl2F3N2O3/c27-19-7-8-20(22(28)13-19)17-6-9-24(36-26(29,30)31)18(12-17)14-32-23-10-11-33(25(34)35)15-21(23)16-4-2-1-3-5-16/h1-9,12-13,21,23,32H,10-11,14-15H2,(H,34,35)/t21-,23-/m0/s1. The van der Waals surface area contributed by atoms with Crippen molar-refractivity contribution in [3.05, 3.63) is 87.9 Å². The molecule has 1 amide bonds. The number of alkyl halides is 3. The monoisotopic (exact) mass is 538 g/mol. The minimum atomic E-state index is -4.85. The van der Waals surface area contributed by atoms with Crippen molar-refractivity contribution >= 4 is 29.3 Å². The maximum atomic E-state index is 13.1. The summed E-state index contributed by atoms with van der Waals surface area (Å²) in [7, 11) is 0. The van der Waals surface area contributed by atoms with Crippen LogP contribution in [0.2, 0.25) is 10.0 Å². The SMILES string of the molecule is O=C(O)N1CC[C@H](NCc2cc(-c3ccc(Cl)cc3Cl)ccc2OC(F)(F)F)[C@H](c2ccccc2)C1. The fourth-order valence-corrected chi connectivity index (χ4v) is 5.00. The van der Waals surface area contributed by atoms with Crippen LogP contribution in [0, 0.1) is 0 Å². The van der Waals surface area contributed by atoms with Gasteiger partial charge in [-0.15, -0.1) is 13.2 Å². The maximum absolute atomic E-state index is 13.1. The molecule has 2 N–H and O–H groups in total. The molecule has 3 aromatic carbocycles. The van der Waals surface area contributed by atoms with E-state index < -0.39 is 12.5 Å². The van der Waals surface area contributed by atoms with Gasteiger partial charge in [0.2, 0.25) is 0 Å². The predicted molar refractivity (Wildman–Crippen MR) is 133 cm³/mol. The summed E-state index contributed by atoms with van der Waals surface area (Å²) >= 11 is 12.3. The second-order valence-electron chi connectivity index (χ2n) is 8.52. The summed E-state index contributed by atoms with van der Waals surface area (Å²) in [5, 5.41) is 13.7. The molecule has 1 heterocycles. The van der Waals surface area contributed by atoms with Crippen LogP contribution in [0.3, 0.4) is 0 Å². The molecule has 0 unspecified atom stereocenters. The lowest BCUT2D eigenvalue weighted by atomic mass is 9.86. The number of amides is 1. The molecule has 1 saturated heterocycles. The molecule has 4 rings (SSSR count). The predicted octanol–water partition coefficient (Wildman–Crippen LogP) is 7.18. The van der Waals surface area contributed by atoms with Crippen molar-refractivity contribution < 1.29 is 27.8 Å². The van der Waals surface area contributed by atoms with Gasteiger partial charge in [0.1, 0.15) is 5.75 Å². The molecule has 1 aliphatic rings. The number of carboxylic acid groups (broad SMARTS) is 1. The summed E-state index contributed by atoms with van der Waals surface area (Å²) in [6.45, 7) is 0.678. The first-order chi connectivity index (χ1) is 17.1. The number of piperidine rings is 1. The summed E-state index contributed by atoms with van der Waals surface area (Å²) in [4.78, 5) is 12.9. The highest BCUT2D eigenvalue weighted by atomic mass is 35.5. The number of nitrogens with zero attached hydrogens (tertiary/aromatic N) is 1. The molecule has 3 aromatic rings. The lowest BCUT2D eigenvalue weighted by Gasteiger charge is -2.38. The molecule has 1 aliphatic heterocycles. The van der Waals surface area contributed by atoms with Gasteiger partial charge >= 0.3 is 12.5 Å². The fourth-order valence-electron chi connectivity index (χ4n) is 4.48. The van der Waals surface area contributed by atoms with Crippen molar-refractivity contribution in [2.45, 2.75) is 31.3 Å². The molecule has 0 aliphatic carbocycles. The van der Waals surface area contributed by atoms with Gasteiger partial charge < -0.3 is 20.1 Å². The molecule has 5 nitrogen and oxygen atoms in total. The average Bonchev–Trinajstić information content (AvgIpc) is 2.83. The lowest BCUT2D eigenvalue weighted by molar-refractivity contribution is -0.274. The normalized spacial score (nSPS) is 18.2. The first kappa shape index (κ1) is 26.1. The Balaban J connectivity index is 1.62. The smallest absolute Gasteiger partial charge is 0.465 e. The van der Waals surface area contributed by atoms with Crippen LogP contribution in [-0.4, -0.2) is 41.6 Å². The molecule has 0 saturated carbocycles. The lowest BCUT2D eigenvalue weighted by Crippen LogP contribution is -2.49. The number of hydrogen-bond donors (Lipinski definition) is 2.